The topological polar surface area (TPSA) is 116 Å². The molecule has 0 aromatic rings. The lowest BCUT2D eigenvalue weighted by Gasteiger charge is -2.17. The largest absolute Gasteiger partial charge is 0.464 e. The molecule has 0 saturated carbocycles. The van der Waals surface area contributed by atoms with Crippen molar-refractivity contribution in [3.05, 3.63) is 0 Å². The van der Waals surface area contributed by atoms with Crippen LogP contribution in [0, 0.1) is 5.92 Å². The molecule has 0 aliphatic carbocycles. The van der Waals surface area contributed by atoms with Crippen LogP contribution in [0.5, 0.6) is 0 Å². The van der Waals surface area contributed by atoms with Crippen molar-refractivity contribution in [1.82, 2.24) is 6.15 Å². The summed E-state index contributed by atoms with van der Waals surface area (Å²) in [5, 5.41) is -1.44. The van der Waals surface area contributed by atoms with Gasteiger partial charge in [-0.25, -0.2) is 0 Å². The molecule has 0 aliphatic heterocycles. The molecule has 0 aliphatic rings. The highest BCUT2D eigenvalue weighted by Gasteiger charge is 2.32. The van der Waals surface area contributed by atoms with Gasteiger partial charge in [0, 0.05) is 0 Å². The molecule has 7 heteroatoms. The molecular formula is C16H35NO5S. The lowest BCUT2D eigenvalue weighted by atomic mass is 10.0. The highest BCUT2D eigenvalue weighted by Crippen LogP contribution is 2.16. The van der Waals surface area contributed by atoms with E-state index in [2.05, 4.69) is 13.8 Å². The van der Waals surface area contributed by atoms with Crippen molar-refractivity contribution >= 4 is 16.1 Å². The minimum absolute atomic E-state index is 0. The fraction of sp³-hybridized carbons (Fsp3) is 0.938. The van der Waals surface area contributed by atoms with Crippen molar-refractivity contribution in [1.29, 1.82) is 0 Å². The highest BCUT2D eigenvalue weighted by atomic mass is 32.2. The van der Waals surface area contributed by atoms with Gasteiger partial charge >= 0.3 is 5.97 Å². The van der Waals surface area contributed by atoms with Crippen molar-refractivity contribution in [3.8, 4) is 0 Å². The Morgan fingerprint density at radius 2 is 1.61 bits per heavy atom. The van der Waals surface area contributed by atoms with Gasteiger partial charge in [-0.1, -0.05) is 65.7 Å². The van der Waals surface area contributed by atoms with Crippen LogP contribution in [0.3, 0.4) is 0 Å². The zero-order valence-corrected chi connectivity index (χ0v) is 15.7. The Morgan fingerprint density at radius 3 is 2.09 bits per heavy atom. The van der Waals surface area contributed by atoms with Gasteiger partial charge in [-0.15, -0.1) is 0 Å². The molecule has 2 unspecified atom stereocenters. The van der Waals surface area contributed by atoms with Crippen LogP contribution in [0.4, 0.5) is 0 Å². The molecule has 0 aromatic carbocycles. The maximum atomic E-state index is 12.0. The third-order valence-electron chi connectivity index (χ3n) is 3.95. The van der Waals surface area contributed by atoms with Gasteiger partial charge in [-0.05, 0) is 18.8 Å². The van der Waals surface area contributed by atoms with Crippen molar-refractivity contribution in [2.45, 2.75) is 83.8 Å². The SMILES string of the molecule is CCCCCCC(C(=O)OCC(CC)CCCC)S(=O)(=O)O.N. The van der Waals surface area contributed by atoms with Crippen LogP contribution >= 0.6 is 0 Å². The van der Waals surface area contributed by atoms with Gasteiger partial charge in [0.25, 0.3) is 10.1 Å². The zero-order valence-electron chi connectivity index (χ0n) is 14.9. The van der Waals surface area contributed by atoms with Gasteiger partial charge in [-0.3, -0.25) is 9.35 Å². The third kappa shape index (κ3) is 11.5. The number of hydrogen-bond acceptors (Lipinski definition) is 5. The van der Waals surface area contributed by atoms with E-state index in [1.807, 2.05) is 6.92 Å². The monoisotopic (exact) mass is 353 g/mol. The molecular weight excluding hydrogens is 318 g/mol. The fourth-order valence-corrected chi connectivity index (χ4v) is 3.11. The van der Waals surface area contributed by atoms with E-state index in [9.17, 15) is 17.8 Å². The molecule has 0 aromatic heterocycles. The minimum Gasteiger partial charge on any atom is -0.464 e. The summed E-state index contributed by atoms with van der Waals surface area (Å²) >= 11 is 0. The average Bonchev–Trinajstić information content (AvgIpc) is 2.45. The van der Waals surface area contributed by atoms with E-state index < -0.39 is 21.3 Å². The lowest BCUT2D eigenvalue weighted by molar-refractivity contribution is -0.144. The van der Waals surface area contributed by atoms with Gasteiger partial charge in [0.1, 0.15) is 0 Å². The maximum absolute atomic E-state index is 12.0. The molecule has 0 bridgehead atoms. The zero-order chi connectivity index (χ0) is 17.0. The molecule has 0 fully saturated rings. The fourth-order valence-electron chi connectivity index (χ4n) is 2.34. The van der Waals surface area contributed by atoms with E-state index in [0.29, 0.717) is 6.42 Å². The van der Waals surface area contributed by atoms with E-state index in [4.69, 9.17) is 4.74 Å². The first-order valence-electron chi connectivity index (χ1n) is 8.49. The first-order valence-corrected chi connectivity index (χ1v) is 9.99. The number of carbonyl (C=O) groups excluding carboxylic acids is 1. The van der Waals surface area contributed by atoms with Crippen LogP contribution in [-0.2, 0) is 19.6 Å². The Balaban J connectivity index is 0. The van der Waals surface area contributed by atoms with Crippen molar-refractivity contribution < 1.29 is 22.5 Å². The molecule has 140 valence electrons. The summed E-state index contributed by atoms with van der Waals surface area (Å²) in [7, 11) is -4.40. The number of hydrogen-bond donors (Lipinski definition) is 2. The first-order chi connectivity index (χ1) is 10.4. The van der Waals surface area contributed by atoms with Crippen LogP contribution in [-0.4, -0.2) is 30.8 Å². The third-order valence-corrected chi connectivity index (χ3v) is 5.09. The van der Waals surface area contributed by atoms with Gasteiger partial charge in [0.2, 0.25) is 0 Å². The maximum Gasteiger partial charge on any atom is 0.326 e. The van der Waals surface area contributed by atoms with E-state index in [0.717, 1.165) is 44.9 Å². The molecule has 0 amide bonds. The second kappa shape index (κ2) is 13.7. The number of esters is 1. The second-order valence-corrected chi connectivity index (χ2v) is 7.50. The van der Waals surface area contributed by atoms with E-state index in [1.54, 1.807) is 0 Å². The number of unbranched alkanes of at least 4 members (excludes halogenated alkanes) is 4. The smallest absolute Gasteiger partial charge is 0.326 e. The molecule has 0 spiro atoms. The summed E-state index contributed by atoms with van der Waals surface area (Å²) in [4.78, 5) is 12.0. The second-order valence-electron chi connectivity index (χ2n) is 5.90. The summed E-state index contributed by atoms with van der Waals surface area (Å²) < 4.78 is 37.2. The van der Waals surface area contributed by atoms with Crippen LogP contribution in [0.25, 0.3) is 0 Å². The molecule has 0 heterocycles. The Bertz CT molecular complexity index is 397. The normalized spacial score (nSPS) is 13.9. The van der Waals surface area contributed by atoms with Crippen molar-refractivity contribution in [2.24, 2.45) is 5.92 Å². The molecule has 6 nitrogen and oxygen atoms in total. The number of rotatable bonds is 13. The van der Waals surface area contributed by atoms with E-state index >= 15 is 0 Å². The van der Waals surface area contributed by atoms with Gasteiger partial charge in [-0.2, -0.15) is 8.42 Å². The number of carbonyl (C=O) groups is 1. The van der Waals surface area contributed by atoms with Crippen LogP contribution in [0.15, 0.2) is 0 Å². The van der Waals surface area contributed by atoms with Crippen LogP contribution in [0.2, 0.25) is 0 Å². The molecule has 23 heavy (non-hydrogen) atoms. The van der Waals surface area contributed by atoms with Crippen molar-refractivity contribution in [2.75, 3.05) is 6.61 Å². The quantitative estimate of drug-likeness (QED) is 0.292. The van der Waals surface area contributed by atoms with Crippen molar-refractivity contribution in [3.63, 3.8) is 0 Å². The molecule has 4 N–H and O–H groups in total. The van der Waals surface area contributed by atoms with E-state index in [1.165, 1.54) is 0 Å². The molecule has 0 radical (unpaired) electrons. The Kier molecular flexibility index (Phi) is 14.7. The van der Waals surface area contributed by atoms with Gasteiger partial charge in [0.05, 0.1) is 6.61 Å². The average molecular weight is 354 g/mol. The Hall–Kier alpha value is -0.660. The standard InChI is InChI=1S/C16H32O5S.H3N/c1-4-7-9-10-12-15(22(18,19)20)16(17)21-13-14(6-3)11-8-5-2;/h14-15H,4-13H2,1-3H3,(H,18,19,20);1H3. The molecule has 0 saturated heterocycles. The first kappa shape index (κ1) is 24.6. The summed E-state index contributed by atoms with van der Waals surface area (Å²) in [6.45, 7) is 6.41. The lowest BCUT2D eigenvalue weighted by Crippen LogP contribution is -2.32. The molecule has 2 atom stereocenters. The summed E-state index contributed by atoms with van der Waals surface area (Å²) in [5.74, 6) is -0.556. The van der Waals surface area contributed by atoms with Gasteiger partial charge < -0.3 is 10.9 Å². The summed E-state index contributed by atoms with van der Waals surface area (Å²) in [5.41, 5.74) is 0. The minimum atomic E-state index is -4.40. The summed E-state index contributed by atoms with van der Waals surface area (Å²) in [6, 6.07) is 0. The van der Waals surface area contributed by atoms with Gasteiger partial charge in [0.15, 0.2) is 5.25 Å². The summed E-state index contributed by atoms with van der Waals surface area (Å²) in [6.07, 6.45) is 7.59. The van der Waals surface area contributed by atoms with Crippen LogP contribution in [0.1, 0.15) is 78.6 Å². The molecule has 0 rings (SSSR count). The predicted molar refractivity (Wildman–Crippen MR) is 93.4 cm³/mol. The highest BCUT2D eigenvalue weighted by molar-refractivity contribution is 7.87. The van der Waals surface area contributed by atoms with Crippen LogP contribution < -0.4 is 6.15 Å². The Morgan fingerprint density at radius 1 is 1.00 bits per heavy atom. The number of ether oxygens (including phenoxy) is 1. The Labute approximate surface area is 141 Å². The van der Waals surface area contributed by atoms with E-state index in [-0.39, 0.29) is 25.1 Å². The predicted octanol–water partition coefficient (Wildman–Crippen LogP) is 4.13.